The molecule has 0 radical (unpaired) electrons. The molecule has 3 N–H and O–H groups in total. The molecular formula is C51H65N7O8. The number of ether oxygens (including phenoxy) is 2. The molecule has 7 rings (SSSR count). The van der Waals surface area contributed by atoms with E-state index in [9.17, 15) is 29.1 Å². The fraction of sp³-hybridized carbons (Fsp3) is 0.490. The van der Waals surface area contributed by atoms with Gasteiger partial charge in [0.1, 0.15) is 29.5 Å². The van der Waals surface area contributed by atoms with Crippen LogP contribution in [0.3, 0.4) is 0 Å². The number of rotatable bonds is 11. The molecule has 3 aliphatic rings. The van der Waals surface area contributed by atoms with Crippen LogP contribution in [0.15, 0.2) is 67.4 Å². The molecule has 6 bridgehead atoms. The molecule has 2 saturated heterocycles. The Labute approximate surface area is 387 Å². The first-order chi connectivity index (χ1) is 31.5. The molecule has 2 aromatic heterocycles. The Bertz CT molecular complexity index is 2500. The van der Waals surface area contributed by atoms with Gasteiger partial charge in [0.05, 0.1) is 24.8 Å². The van der Waals surface area contributed by atoms with Crippen molar-refractivity contribution in [1.29, 1.82) is 0 Å². The van der Waals surface area contributed by atoms with Crippen LogP contribution in [0.1, 0.15) is 70.6 Å². The second-order valence-corrected chi connectivity index (χ2v) is 19.1. The number of aromatic hydroxyl groups is 1. The first-order valence-electron chi connectivity index (χ1n) is 23.2. The first-order valence-corrected chi connectivity index (χ1v) is 23.2. The van der Waals surface area contributed by atoms with Crippen molar-refractivity contribution in [2.75, 3.05) is 47.0 Å². The highest BCUT2D eigenvalue weighted by atomic mass is 16.5. The van der Waals surface area contributed by atoms with E-state index in [4.69, 9.17) is 14.5 Å². The summed E-state index contributed by atoms with van der Waals surface area (Å²) in [6.07, 6.45) is 5.66. The Morgan fingerprint density at radius 1 is 1.11 bits per heavy atom. The van der Waals surface area contributed by atoms with Gasteiger partial charge in [-0.2, -0.15) is 0 Å². The third-order valence-corrected chi connectivity index (χ3v) is 13.2. The van der Waals surface area contributed by atoms with Crippen LogP contribution in [0, 0.1) is 17.3 Å². The average molecular weight is 904 g/mol. The lowest BCUT2D eigenvalue weighted by atomic mass is 9.84. The maximum absolute atomic E-state index is 14.7. The molecule has 0 aliphatic carbocycles. The number of likely N-dealkylation sites (N-methyl/N-ethyl adjacent to an activating group) is 1. The van der Waals surface area contributed by atoms with Crippen molar-refractivity contribution < 1.29 is 38.6 Å². The van der Waals surface area contributed by atoms with Gasteiger partial charge in [-0.3, -0.25) is 29.0 Å². The maximum atomic E-state index is 14.7. The Morgan fingerprint density at radius 3 is 2.61 bits per heavy atom. The van der Waals surface area contributed by atoms with Crippen molar-refractivity contribution >= 4 is 40.6 Å². The molecule has 15 nitrogen and oxygen atoms in total. The van der Waals surface area contributed by atoms with Crippen LogP contribution in [-0.2, 0) is 59.3 Å². The van der Waals surface area contributed by atoms with E-state index in [1.165, 1.54) is 16.0 Å². The summed E-state index contributed by atoms with van der Waals surface area (Å²) in [5.41, 5.74) is 9.67. The van der Waals surface area contributed by atoms with Crippen LogP contribution in [-0.4, -0.2) is 124 Å². The molecule has 352 valence electrons. The van der Waals surface area contributed by atoms with Crippen molar-refractivity contribution in [3.05, 3.63) is 84.1 Å². The Hall–Kier alpha value is -6.06. The predicted molar refractivity (Wildman–Crippen MR) is 252 cm³/mol. The van der Waals surface area contributed by atoms with E-state index in [0.717, 1.165) is 39.0 Å². The van der Waals surface area contributed by atoms with Gasteiger partial charge >= 0.3 is 5.97 Å². The fourth-order valence-corrected chi connectivity index (χ4v) is 9.92. The highest BCUT2D eigenvalue weighted by molar-refractivity contribution is 5.95. The van der Waals surface area contributed by atoms with E-state index in [1.807, 2.05) is 32.0 Å². The van der Waals surface area contributed by atoms with Gasteiger partial charge in [-0.25, -0.2) is 10.4 Å². The van der Waals surface area contributed by atoms with Gasteiger partial charge in [0.2, 0.25) is 17.7 Å². The first kappa shape index (κ1) is 47.9. The number of phenolic OH excluding ortho intramolecular Hbond substituents is 1. The van der Waals surface area contributed by atoms with Gasteiger partial charge in [0.15, 0.2) is 0 Å². The number of hydrogen-bond donors (Lipinski definition) is 3. The molecule has 1 unspecified atom stereocenters. The zero-order valence-electron chi connectivity index (χ0n) is 39.4. The third-order valence-electron chi connectivity index (χ3n) is 13.2. The fourth-order valence-electron chi connectivity index (χ4n) is 9.92. The molecular weight excluding hydrogens is 839 g/mol. The van der Waals surface area contributed by atoms with Crippen molar-refractivity contribution in [3.63, 3.8) is 0 Å². The molecule has 0 saturated carbocycles. The zero-order valence-corrected chi connectivity index (χ0v) is 39.4. The zero-order chi connectivity index (χ0) is 47.4. The minimum absolute atomic E-state index is 0.0211. The number of fused-ring (bicyclic) bond motifs is 6. The van der Waals surface area contributed by atoms with Crippen LogP contribution >= 0.6 is 0 Å². The minimum Gasteiger partial charge on any atom is -0.508 e. The number of pyridine rings is 1. The van der Waals surface area contributed by atoms with E-state index in [0.29, 0.717) is 62.9 Å². The van der Waals surface area contributed by atoms with Crippen molar-refractivity contribution in [2.45, 2.75) is 97.8 Å². The Balaban J connectivity index is 1.30. The number of benzene rings is 2. The number of aromatic nitrogens is 2. The number of esters is 1. The number of nitrogens with one attached hydrogen (secondary N) is 2. The molecule has 2 fully saturated rings. The summed E-state index contributed by atoms with van der Waals surface area (Å²) in [5.74, 6) is -2.89. The second kappa shape index (κ2) is 20.2. The lowest BCUT2D eigenvalue weighted by molar-refractivity contribution is -0.155. The quantitative estimate of drug-likeness (QED) is 0.130. The molecule has 5 heterocycles. The monoisotopic (exact) mass is 903 g/mol. The Morgan fingerprint density at radius 2 is 1.88 bits per heavy atom. The maximum Gasteiger partial charge on any atom is 0.324 e. The number of methoxy groups -OCH3 is 1. The number of cyclic esters (lactones) is 1. The molecule has 66 heavy (non-hydrogen) atoms. The number of aryl methyl sites for hydroxylation is 1. The lowest BCUT2D eigenvalue weighted by Crippen LogP contribution is -2.62. The number of hydrogen-bond acceptors (Lipinski definition) is 10. The highest BCUT2D eigenvalue weighted by Gasteiger charge is 2.40. The topological polar surface area (TPSA) is 176 Å². The summed E-state index contributed by atoms with van der Waals surface area (Å²) in [4.78, 5) is 77.4. The summed E-state index contributed by atoms with van der Waals surface area (Å²) in [6, 6.07) is 12.6. The van der Waals surface area contributed by atoms with Gasteiger partial charge in [-0.05, 0) is 91.5 Å². The number of carbonyl (C=O) groups excluding carboxylic acids is 5. The van der Waals surface area contributed by atoms with E-state index in [2.05, 4.69) is 60.9 Å². The Kier molecular flexibility index (Phi) is 14.7. The summed E-state index contributed by atoms with van der Waals surface area (Å²) < 4.78 is 13.8. The van der Waals surface area contributed by atoms with Crippen LogP contribution in [0.5, 0.6) is 5.75 Å². The number of hydrazine groups is 1. The SMILES string of the molecule is C=CC(=O)N1CC[C@H](C(=O)N(C)C(C(=O)N[C@H]2Cc3cc(O)cc(c3)-c3cnc4c(c3)c(c(-c3ccccc3CCOC)n4CC)CC(C)(C)COC(=O)[C@@H]3CCCN(N3)C2=O)C(C)C)C1. The number of nitrogens with zero attached hydrogens (tertiary/aromatic N) is 5. The van der Waals surface area contributed by atoms with Crippen LogP contribution in [0.2, 0.25) is 0 Å². The molecule has 3 aliphatic heterocycles. The smallest absolute Gasteiger partial charge is 0.324 e. The molecule has 4 atom stereocenters. The van der Waals surface area contributed by atoms with E-state index >= 15 is 0 Å². The largest absolute Gasteiger partial charge is 0.508 e. The summed E-state index contributed by atoms with van der Waals surface area (Å²) in [7, 11) is 3.28. The van der Waals surface area contributed by atoms with Gasteiger partial charge in [0.25, 0.3) is 5.91 Å². The van der Waals surface area contributed by atoms with E-state index in [-0.39, 0.29) is 49.6 Å². The number of likely N-dealkylation sites (tertiary alicyclic amines) is 1. The molecule has 2 aromatic carbocycles. The van der Waals surface area contributed by atoms with E-state index in [1.54, 1.807) is 37.4 Å². The lowest BCUT2D eigenvalue weighted by Gasteiger charge is -2.37. The predicted octanol–water partition coefficient (Wildman–Crippen LogP) is 5.45. The molecule has 4 amide bonds. The number of phenols is 1. The highest BCUT2D eigenvalue weighted by Crippen LogP contribution is 2.41. The van der Waals surface area contributed by atoms with Gasteiger partial charge in [0, 0.05) is 74.9 Å². The molecule has 0 spiro atoms. The normalized spacial score (nSPS) is 20.5. The number of carbonyl (C=O) groups is 5. The van der Waals surface area contributed by atoms with Crippen molar-refractivity contribution in [3.8, 4) is 28.1 Å². The van der Waals surface area contributed by atoms with Gasteiger partial charge < -0.3 is 34.3 Å². The summed E-state index contributed by atoms with van der Waals surface area (Å²) >= 11 is 0. The van der Waals surface area contributed by atoms with Crippen LogP contribution < -0.4 is 10.7 Å². The molecule has 4 aromatic rings. The standard InChI is InChI=1S/C51H65N7O8/c1-9-43(60)56-20-17-34(29-56)48(62)55(7)44(31(3)4)47(61)53-42-24-32-22-35(25-37(59)23-32)36-26-39-40(27-51(5,6)30-66-50(64)41-16-13-19-58(54-41)49(42)63)45(57(10-2)46(39)52-28-36)38-15-12-11-14-33(38)18-21-65-8/h9,11-12,14-15,22-23,25-26,28,31,34,41-42,44,54,59H,1,10,13,16-21,24,27,29-30H2,2-8H3,(H,53,61)/t34-,41-,42-,44?/m0/s1. The number of amides is 4. The van der Waals surface area contributed by atoms with Crippen molar-refractivity contribution in [1.82, 2.24) is 35.1 Å². The van der Waals surface area contributed by atoms with Gasteiger partial charge in [-0.1, -0.05) is 64.6 Å². The average Bonchev–Trinajstić information content (AvgIpc) is 3.91. The van der Waals surface area contributed by atoms with Crippen LogP contribution in [0.4, 0.5) is 0 Å². The van der Waals surface area contributed by atoms with E-state index < -0.39 is 47.2 Å². The van der Waals surface area contributed by atoms with Crippen molar-refractivity contribution in [2.24, 2.45) is 17.3 Å². The molecule has 15 heteroatoms. The van der Waals surface area contributed by atoms with Gasteiger partial charge in [-0.15, -0.1) is 0 Å². The summed E-state index contributed by atoms with van der Waals surface area (Å²) in [6.45, 7) is 15.7. The second-order valence-electron chi connectivity index (χ2n) is 19.1. The van der Waals surface area contributed by atoms with Crippen LogP contribution in [0.25, 0.3) is 33.4 Å². The summed E-state index contributed by atoms with van der Waals surface area (Å²) in [5, 5.41) is 16.6. The minimum atomic E-state index is -1.17. The third kappa shape index (κ3) is 10.2.